The average Bonchev–Trinajstić information content (AvgIpc) is 3.73. The Hall–Kier alpha value is -5.27. The van der Waals surface area contributed by atoms with Crippen LogP contribution in [0.25, 0.3) is 16.6 Å². The molecule has 1 fully saturated rings. The molecular weight excluding hydrogens is 670 g/mol. The molecule has 1 atom stereocenters. The van der Waals surface area contributed by atoms with Crippen LogP contribution < -0.4 is 16.1 Å². The molecule has 2 aromatic heterocycles. The fourth-order valence-electron chi connectivity index (χ4n) is 6.85. The number of rotatable bonds is 7. The first-order valence-corrected chi connectivity index (χ1v) is 18.5. The lowest BCUT2D eigenvalue weighted by Crippen LogP contribution is -2.42. The summed E-state index contributed by atoms with van der Waals surface area (Å²) in [4.78, 5) is 38.0. The smallest absolute Gasteiger partial charge is 0.338 e. The van der Waals surface area contributed by atoms with Crippen LogP contribution in [-0.4, -0.2) is 67.5 Å². The van der Waals surface area contributed by atoms with Crippen LogP contribution in [0.1, 0.15) is 52.4 Å². The third kappa shape index (κ3) is 7.04. The Labute approximate surface area is 297 Å². The molecule has 1 saturated heterocycles. The van der Waals surface area contributed by atoms with E-state index in [2.05, 4.69) is 21.8 Å². The molecule has 2 aliphatic heterocycles. The van der Waals surface area contributed by atoms with Crippen LogP contribution in [0.3, 0.4) is 0 Å². The lowest BCUT2D eigenvalue weighted by atomic mass is 9.91. The molecule has 1 amide bonds. The van der Waals surface area contributed by atoms with E-state index in [0.29, 0.717) is 64.0 Å². The van der Waals surface area contributed by atoms with Gasteiger partial charge in [-0.05, 0) is 104 Å². The fourth-order valence-corrected chi connectivity index (χ4v) is 7.32. The standard InChI is InChI=1S/C38H40FN7O4S/c1-23-18-29(19-24(2)35(23)39)41-36(46-15-14-45(38(46)48)30-7-5-28(6-8-30)43-51(3)49)31-22-44(13-10-32(31)40)37(47)34-21-27-20-26(4-9-33(27)42-34)25-11-16-50-17-12-25/h4-9,14-15,18-21,25,42-43H,10-13,16-17,22,40H2,1-3H3. The highest BCUT2D eigenvalue weighted by Gasteiger charge is 2.29. The molecule has 3 aromatic carbocycles. The van der Waals surface area contributed by atoms with E-state index in [1.807, 2.05) is 12.1 Å². The number of aliphatic imine (C=N–C) groups is 1. The number of anilines is 1. The van der Waals surface area contributed by atoms with E-state index in [-0.39, 0.29) is 24.1 Å². The second kappa shape index (κ2) is 14.2. The molecule has 11 nitrogen and oxygen atoms in total. The number of benzene rings is 3. The zero-order chi connectivity index (χ0) is 35.8. The van der Waals surface area contributed by atoms with E-state index >= 15 is 0 Å². The second-order valence-electron chi connectivity index (χ2n) is 13.1. The van der Waals surface area contributed by atoms with Crippen LogP contribution in [0, 0.1) is 19.7 Å². The minimum Gasteiger partial charge on any atom is -0.402 e. The molecule has 2 aliphatic rings. The predicted molar refractivity (Wildman–Crippen MR) is 199 cm³/mol. The zero-order valence-corrected chi connectivity index (χ0v) is 29.6. The van der Waals surface area contributed by atoms with Gasteiger partial charge < -0.3 is 25.1 Å². The number of aromatic amines is 1. The van der Waals surface area contributed by atoms with Crippen molar-refractivity contribution in [2.45, 2.75) is 39.0 Å². The van der Waals surface area contributed by atoms with Crippen LogP contribution in [-0.2, 0) is 15.7 Å². The van der Waals surface area contributed by atoms with Gasteiger partial charge in [0.25, 0.3) is 5.91 Å². The van der Waals surface area contributed by atoms with Gasteiger partial charge in [-0.15, -0.1) is 0 Å². The number of carbonyl (C=O) groups is 1. The van der Waals surface area contributed by atoms with Crippen molar-refractivity contribution in [2.75, 3.05) is 37.3 Å². The lowest BCUT2D eigenvalue weighted by Gasteiger charge is -2.30. The predicted octanol–water partition coefficient (Wildman–Crippen LogP) is 5.81. The maximum absolute atomic E-state index is 14.6. The third-order valence-corrected chi connectivity index (χ3v) is 10.1. The summed E-state index contributed by atoms with van der Waals surface area (Å²) < 4.78 is 37.5. The van der Waals surface area contributed by atoms with Crippen LogP contribution in [0.2, 0.25) is 0 Å². The summed E-state index contributed by atoms with van der Waals surface area (Å²) in [5.41, 5.74) is 12.4. The summed E-state index contributed by atoms with van der Waals surface area (Å²) in [6.07, 6.45) is 7.09. The molecule has 0 radical (unpaired) electrons. The Balaban J connectivity index is 1.23. The quantitative estimate of drug-likeness (QED) is 0.145. The lowest BCUT2D eigenvalue weighted by molar-refractivity contribution is 0.0761. The minimum atomic E-state index is -1.24. The zero-order valence-electron chi connectivity index (χ0n) is 28.7. The van der Waals surface area contributed by atoms with E-state index in [1.165, 1.54) is 21.0 Å². The van der Waals surface area contributed by atoms with Gasteiger partial charge in [-0.3, -0.25) is 13.9 Å². The van der Waals surface area contributed by atoms with Crippen molar-refractivity contribution in [3.05, 3.63) is 123 Å². The molecule has 0 spiro atoms. The minimum absolute atomic E-state index is 0.109. The number of hydrogen-bond acceptors (Lipinski definition) is 6. The number of ether oxygens (including phenoxy) is 1. The highest BCUT2D eigenvalue weighted by Crippen LogP contribution is 2.30. The molecule has 0 bridgehead atoms. The summed E-state index contributed by atoms with van der Waals surface area (Å²) >= 11 is 0. The number of nitrogens with two attached hydrogens (primary N) is 1. The Morgan fingerprint density at radius 2 is 1.76 bits per heavy atom. The number of imidazole rings is 1. The molecule has 51 heavy (non-hydrogen) atoms. The summed E-state index contributed by atoms with van der Waals surface area (Å²) in [6.45, 7) is 5.33. The van der Waals surface area contributed by atoms with Gasteiger partial charge in [-0.25, -0.2) is 18.4 Å². The number of hydrogen-bond donors (Lipinski definition) is 3. The van der Waals surface area contributed by atoms with E-state index in [0.717, 1.165) is 37.0 Å². The van der Waals surface area contributed by atoms with Gasteiger partial charge in [-0.1, -0.05) is 6.07 Å². The van der Waals surface area contributed by atoms with Crippen LogP contribution in [0.15, 0.2) is 94.1 Å². The van der Waals surface area contributed by atoms with Gasteiger partial charge in [0.1, 0.15) is 28.3 Å². The maximum atomic E-state index is 14.6. The number of carbonyl (C=O) groups excluding carboxylic acids is 1. The number of H-pyrrole nitrogens is 1. The number of amides is 1. The molecule has 13 heteroatoms. The van der Waals surface area contributed by atoms with Gasteiger partial charge in [0.05, 0.1) is 17.9 Å². The first-order chi connectivity index (χ1) is 24.5. The molecule has 0 saturated carbocycles. The summed E-state index contributed by atoms with van der Waals surface area (Å²) in [7, 11) is -1.24. The van der Waals surface area contributed by atoms with Crippen molar-refractivity contribution in [3.8, 4) is 5.69 Å². The molecule has 0 aliphatic carbocycles. The SMILES string of the molecule is Cc1cc(N=C(C2=C(N)CCN(C(=O)c3cc4cc(C5CCOCC5)ccc4[nH]3)C2)n2ccn(-c3ccc(NS(C)=O)cc3)c2=O)cc(C)c1F. The topological polar surface area (TPSA) is 140 Å². The number of nitrogens with one attached hydrogen (secondary N) is 2. The van der Waals surface area contributed by atoms with Gasteiger partial charge >= 0.3 is 5.69 Å². The highest BCUT2D eigenvalue weighted by atomic mass is 32.2. The highest BCUT2D eigenvalue weighted by molar-refractivity contribution is 7.85. The first kappa shape index (κ1) is 34.2. The maximum Gasteiger partial charge on any atom is 0.338 e. The van der Waals surface area contributed by atoms with E-state index in [9.17, 15) is 18.2 Å². The summed E-state index contributed by atoms with van der Waals surface area (Å²) in [5.74, 6) is 0.166. The van der Waals surface area contributed by atoms with Crippen molar-refractivity contribution in [1.82, 2.24) is 19.0 Å². The fraction of sp³-hybridized carbons (Fsp3) is 0.289. The van der Waals surface area contributed by atoms with E-state index < -0.39 is 16.7 Å². The van der Waals surface area contributed by atoms with Crippen LogP contribution in [0.5, 0.6) is 0 Å². The van der Waals surface area contributed by atoms with Crippen molar-refractivity contribution in [3.63, 3.8) is 0 Å². The molecule has 1 unspecified atom stereocenters. The van der Waals surface area contributed by atoms with E-state index in [4.69, 9.17) is 15.5 Å². The molecular formula is C38H40FN7O4S. The number of aromatic nitrogens is 3. The van der Waals surface area contributed by atoms with Gasteiger partial charge in [0.2, 0.25) is 0 Å². The van der Waals surface area contributed by atoms with Gasteiger partial charge in [0, 0.05) is 72.7 Å². The monoisotopic (exact) mass is 709 g/mol. The van der Waals surface area contributed by atoms with Crippen molar-refractivity contribution in [2.24, 2.45) is 10.7 Å². The molecule has 264 valence electrons. The molecule has 7 rings (SSSR count). The Morgan fingerprint density at radius 1 is 1.04 bits per heavy atom. The van der Waals surface area contributed by atoms with Gasteiger partial charge in [0.15, 0.2) is 0 Å². The molecule has 4 N–H and O–H groups in total. The first-order valence-electron chi connectivity index (χ1n) is 16.9. The number of aryl methyl sites for hydroxylation is 2. The number of fused-ring (bicyclic) bond motifs is 1. The van der Waals surface area contributed by atoms with Gasteiger partial charge in [-0.2, -0.15) is 0 Å². The van der Waals surface area contributed by atoms with Crippen LogP contribution in [0.4, 0.5) is 15.8 Å². The molecule has 4 heterocycles. The second-order valence-corrected chi connectivity index (χ2v) is 14.3. The van der Waals surface area contributed by atoms with Crippen molar-refractivity contribution >= 4 is 45.0 Å². The number of nitrogens with zero attached hydrogens (tertiary/aromatic N) is 4. The van der Waals surface area contributed by atoms with Crippen LogP contribution >= 0.6 is 0 Å². The normalized spacial score (nSPS) is 16.5. The Kier molecular flexibility index (Phi) is 9.49. The average molecular weight is 710 g/mol. The summed E-state index contributed by atoms with van der Waals surface area (Å²) in [5, 5.41) is 0.971. The Bertz CT molecular complexity index is 2260. The summed E-state index contributed by atoms with van der Waals surface area (Å²) in [6, 6.07) is 18.4. The largest absolute Gasteiger partial charge is 0.402 e. The number of halogens is 1. The third-order valence-electron chi connectivity index (χ3n) is 9.58. The molecule has 5 aromatic rings. The Morgan fingerprint density at radius 3 is 2.47 bits per heavy atom. The van der Waals surface area contributed by atoms with Crippen molar-refractivity contribution < 1.29 is 18.1 Å². The van der Waals surface area contributed by atoms with E-state index in [1.54, 1.807) is 67.5 Å². The van der Waals surface area contributed by atoms with Crippen molar-refractivity contribution in [1.29, 1.82) is 0 Å².